The van der Waals surface area contributed by atoms with Crippen molar-refractivity contribution in [3.8, 4) is 0 Å². The van der Waals surface area contributed by atoms with Crippen molar-refractivity contribution in [1.29, 1.82) is 0 Å². The van der Waals surface area contributed by atoms with Gasteiger partial charge >= 0.3 is 0 Å². The summed E-state index contributed by atoms with van der Waals surface area (Å²) >= 11 is 0. The van der Waals surface area contributed by atoms with E-state index in [9.17, 15) is 0 Å². The average Bonchev–Trinajstić information content (AvgIpc) is 3.12. The van der Waals surface area contributed by atoms with Crippen molar-refractivity contribution in [2.75, 3.05) is 53.7 Å². The first-order valence-electron chi connectivity index (χ1n) is 9.43. The molecule has 1 saturated heterocycles. The van der Waals surface area contributed by atoms with Crippen molar-refractivity contribution < 1.29 is 14.2 Å². The van der Waals surface area contributed by atoms with Crippen molar-refractivity contribution in [1.82, 2.24) is 10.2 Å². The van der Waals surface area contributed by atoms with E-state index in [0.29, 0.717) is 32.3 Å². The van der Waals surface area contributed by atoms with Crippen molar-refractivity contribution in [3.05, 3.63) is 35.4 Å². The highest BCUT2D eigenvalue weighted by Gasteiger charge is 2.24. The molecule has 1 unspecified atom stereocenters. The fourth-order valence-electron chi connectivity index (χ4n) is 3.13. The van der Waals surface area contributed by atoms with E-state index in [2.05, 4.69) is 41.4 Å². The molecule has 0 saturated carbocycles. The third-order valence-corrected chi connectivity index (χ3v) is 4.42. The number of guanidine groups is 1. The summed E-state index contributed by atoms with van der Waals surface area (Å²) in [7, 11) is 3.42. The number of ether oxygens (including phenoxy) is 3. The highest BCUT2D eigenvalue weighted by Crippen LogP contribution is 2.17. The van der Waals surface area contributed by atoms with Crippen LogP contribution >= 0.6 is 24.0 Å². The van der Waals surface area contributed by atoms with Crippen molar-refractivity contribution >= 4 is 29.9 Å². The highest BCUT2D eigenvalue weighted by atomic mass is 127. The van der Waals surface area contributed by atoms with Crippen LogP contribution in [0.5, 0.6) is 0 Å². The summed E-state index contributed by atoms with van der Waals surface area (Å²) in [5, 5.41) is 3.42. The summed E-state index contributed by atoms with van der Waals surface area (Å²) < 4.78 is 15.9. The van der Waals surface area contributed by atoms with E-state index in [1.807, 2.05) is 0 Å². The van der Waals surface area contributed by atoms with Crippen LogP contribution in [0.1, 0.15) is 24.5 Å². The van der Waals surface area contributed by atoms with Gasteiger partial charge in [0.15, 0.2) is 5.96 Å². The Bertz CT molecular complexity index is 557. The van der Waals surface area contributed by atoms with E-state index < -0.39 is 0 Å². The Labute approximate surface area is 180 Å². The van der Waals surface area contributed by atoms with Gasteiger partial charge in [0.25, 0.3) is 0 Å². The van der Waals surface area contributed by atoms with Crippen LogP contribution in [0.15, 0.2) is 29.3 Å². The molecule has 1 aromatic rings. The Balaban J connectivity index is 0.00000364. The lowest BCUT2D eigenvalue weighted by Crippen LogP contribution is -2.40. The van der Waals surface area contributed by atoms with Gasteiger partial charge in [-0.05, 0) is 24.5 Å². The minimum Gasteiger partial charge on any atom is -0.382 e. The standard InChI is InChI=1S/C20H33N3O3.HI/c1-4-21-20(22-13-17-6-5-7-18(12-17)15-25-3)23-9-8-19(14-23)16-26-11-10-24-2;/h5-7,12,19H,4,8-11,13-16H2,1-3H3,(H,21,22);1H. The summed E-state index contributed by atoms with van der Waals surface area (Å²) in [5.74, 6) is 1.55. The molecule has 1 aromatic carbocycles. The maximum absolute atomic E-state index is 5.69. The zero-order valence-electron chi connectivity index (χ0n) is 16.8. The first-order chi connectivity index (χ1) is 12.8. The smallest absolute Gasteiger partial charge is 0.194 e. The molecular formula is C20H34IN3O3. The SMILES string of the molecule is CCNC(=NCc1cccc(COC)c1)N1CCC(COCCOC)C1.I. The second-order valence-corrected chi connectivity index (χ2v) is 6.59. The van der Waals surface area contributed by atoms with Gasteiger partial charge in [-0.25, -0.2) is 4.99 Å². The van der Waals surface area contributed by atoms with Crippen molar-refractivity contribution in [2.24, 2.45) is 10.9 Å². The summed E-state index contributed by atoms with van der Waals surface area (Å²) in [6, 6.07) is 8.42. The molecule has 0 bridgehead atoms. The summed E-state index contributed by atoms with van der Waals surface area (Å²) in [6.07, 6.45) is 1.14. The first kappa shape index (κ1) is 24.1. The fourth-order valence-corrected chi connectivity index (χ4v) is 3.13. The van der Waals surface area contributed by atoms with Gasteiger partial charge in [-0.3, -0.25) is 0 Å². The molecule has 1 aliphatic rings. The number of nitrogens with zero attached hydrogens (tertiary/aromatic N) is 2. The third kappa shape index (κ3) is 8.76. The average molecular weight is 491 g/mol. The van der Waals surface area contributed by atoms with Crippen LogP contribution in [0.2, 0.25) is 0 Å². The summed E-state index contributed by atoms with van der Waals surface area (Å²) in [6.45, 7) is 8.40. The minimum atomic E-state index is 0. The van der Waals surface area contributed by atoms with Crippen LogP contribution in [-0.4, -0.2) is 64.5 Å². The monoisotopic (exact) mass is 491 g/mol. The van der Waals surface area contributed by atoms with Gasteiger partial charge in [-0.2, -0.15) is 0 Å². The van der Waals surface area contributed by atoms with Gasteiger partial charge < -0.3 is 24.4 Å². The predicted octanol–water partition coefficient (Wildman–Crippen LogP) is 2.90. The number of aliphatic imine (C=N–C) groups is 1. The summed E-state index contributed by atoms with van der Waals surface area (Å²) in [4.78, 5) is 7.18. The molecule has 154 valence electrons. The van der Waals surface area contributed by atoms with Gasteiger partial charge in [0.2, 0.25) is 0 Å². The molecule has 0 spiro atoms. The van der Waals surface area contributed by atoms with Gasteiger partial charge in [0.05, 0.1) is 33.0 Å². The van der Waals surface area contributed by atoms with Crippen molar-refractivity contribution in [3.63, 3.8) is 0 Å². The lowest BCUT2D eigenvalue weighted by Gasteiger charge is -2.21. The Kier molecular flexibility index (Phi) is 12.6. The van der Waals surface area contributed by atoms with Gasteiger partial charge in [0, 0.05) is 39.8 Å². The molecule has 0 aliphatic carbocycles. The van der Waals surface area contributed by atoms with Gasteiger partial charge in [0.1, 0.15) is 0 Å². The Morgan fingerprint density at radius 2 is 2.04 bits per heavy atom. The topological polar surface area (TPSA) is 55.3 Å². The van der Waals surface area contributed by atoms with E-state index in [-0.39, 0.29) is 24.0 Å². The van der Waals surface area contributed by atoms with Crippen LogP contribution in [0, 0.1) is 5.92 Å². The number of halogens is 1. The van der Waals surface area contributed by atoms with Crippen LogP contribution in [0.25, 0.3) is 0 Å². The molecule has 2 rings (SSSR count). The molecular weight excluding hydrogens is 457 g/mol. The number of rotatable bonds is 10. The molecule has 1 N–H and O–H groups in total. The number of hydrogen-bond acceptors (Lipinski definition) is 4. The van der Waals surface area contributed by atoms with E-state index in [4.69, 9.17) is 19.2 Å². The molecule has 0 aromatic heterocycles. The normalized spacial score (nSPS) is 17.1. The predicted molar refractivity (Wildman–Crippen MR) is 120 cm³/mol. The van der Waals surface area contributed by atoms with Gasteiger partial charge in [-0.1, -0.05) is 24.3 Å². The van der Waals surface area contributed by atoms with Crippen LogP contribution in [-0.2, 0) is 27.4 Å². The molecule has 27 heavy (non-hydrogen) atoms. The zero-order chi connectivity index (χ0) is 18.6. The van der Waals surface area contributed by atoms with Crippen molar-refractivity contribution in [2.45, 2.75) is 26.5 Å². The van der Waals surface area contributed by atoms with Crippen LogP contribution < -0.4 is 5.32 Å². The van der Waals surface area contributed by atoms with Crippen LogP contribution in [0.4, 0.5) is 0 Å². The number of likely N-dealkylation sites (tertiary alicyclic amines) is 1. The third-order valence-electron chi connectivity index (χ3n) is 4.42. The fraction of sp³-hybridized carbons (Fsp3) is 0.650. The molecule has 0 amide bonds. The largest absolute Gasteiger partial charge is 0.382 e. The molecule has 1 fully saturated rings. The van der Waals surface area contributed by atoms with Crippen LogP contribution in [0.3, 0.4) is 0 Å². The first-order valence-corrected chi connectivity index (χ1v) is 9.43. The van der Waals surface area contributed by atoms with E-state index in [1.54, 1.807) is 14.2 Å². The molecule has 1 aliphatic heterocycles. The number of methoxy groups -OCH3 is 2. The van der Waals surface area contributed by atoms with Gasteiger partial charge in [-0.15, -0.1) is 24.0 Å². The maximum Gasteiger partial charge on any atom is 0.194 e. The minimum absolute atomic E-state index is 0. The molecule has 1 atom stereocenters. The molecule has 0 radical (unpaired) electrons. The summed E-state index contributed by atoms with van der Waals surface area (Å²) in [5.41, 5.74) is 2.38. The number of hydrogen-bond donors (Lipinski definition) is 1. The lowest BCUT2D eigenvalue weighted by atomic mass is 10.1. The quantitative estimate of drug-likeness (QED) is 0.236. The van der Waals surface area contributed by atoms with E-state index >= 15 is 0 Å². The molecule has 1 heterocycles. The maximum atomic E-state index is 5.69. The second kappa shape index (κ2) is 14.1. The van der Waals surface area contributed by atoms with E-state index in [1.165, 1.54) is 11.1 Å². The Hall–Kier alpha value is -0.900. The Morgan fingerprint density at radius 1 is 1.22 bits per heavy atom. The zero-order valence-corrected chi connectivity index (χ0v) is 19.1. The second-order valence-electron chi connectivity index (χ2n) is 6.59. The molecule has 6 nitrogen and oxygen atoms in total. The Morgan fingerprint density at radius 3 is 2.78 bits per heavy atom. The molecule has 7 heteroatoms. The number of benzene rings is 1. The lowest BCUT2D eigenvalue weighted by molar-refractivity contribution is 0.0536. The number of nitrogens with one attached hydrogen (secondary N) is 1. The highest BCUT2D eigenvalue weighted by molar-refractivity contribution is 14.0. The van der Waals surface area contributed by atoms with E-state index in [0.717, 1.165) is 38.6 Å².